The lowest BCUT2D eigenvalue weighted by atomic mass is 10.2. The van der Waals surface area contributed by atoms with Crippen LogP contribution in [0.1, 0.15) is 68.7 Å². The van der Waals surface area contributed by atoms with Gasteiger partial charge in [-0.3, -0.25) is 0 Å². The van der Waals surface area contributed by atoms with E-state index in [9.17, 15) is 0 Å². The second-order valence-corrected chi connectivity index (χ2v) is 14.2. The minimum atomic E-state index is -2.77. The zero-order valence-electron chi connectivity index (χ0n) is 24.1. The minimum absolute atomic E-state index is 0.0482. The summed E-state index contributed by atoms with van der Waals surface area (Å²) in [5.41, 5.74) is 17.1. The van der Waals surface area contributed by atoms with E-state index in [2.05, 4.69) is 5.32 Å². The molecule has 0 aliphatic carbocycles. The molecule has 0 aromatic heterocycles. The quantitative estimate of drug-likeness (QED) is 0.126. The fraction of sp³-hybridized carbons (Fsp3) is 1.00. The molecule has 214 valence electrons. The van der Waals surface area contributed by atoms with Gasteiger partial charge in [-0.1, -0.05) is 0 Å². The van der Waals surface area contributed by atoms with Crippen molar-refractivity contribution < 1.29 is 26.6 Å². The maximum atomic E-state index is 6.11. The Labute approximate surface area is 218 Å². The molecule has 12 heteroatoms. The van der Waals surface area contributed by atoms with Crippen molar-refractivity contribution in [2.24, 2.45) is 17.2 Å². The van der Waals surface area contributed by atoms with Gasteiger partial charge in [-0.25, -0.2) is 0 Å². The predicted molar refractivity (Wildman–Crippen MR) is 148 cm³/mol. The molecule has 0 saturated carbocycles. The van der Waals surface area contributed by atoms with Gasteiger partial charge in [-0.05, 0) is 81.8 Å². The normalized spacial score (nSPS) is 13.5. The van der Waals surface area contributed by atoms with Gasteiger partial charge >= 0.3 is 17.6 Å². The summed E-state index contributed by atoms with van der Waals surface area (Å²) in [7, 11) is -5.21. The lowest BCUT2D eigenvalue weighted by molar-refractivity contribution is 0.00199. The topological polar surface area (TPSA) is 145 Å². The Morgan fingerprint density at radius 1 is 0.657 bits per heavy atom. The molecule has 0 aromatic carbocycles. The Bertz CT molecular complexity index is 436. The highest BCUT2D eigenvalue weighted by atomic mass is 28.4. The fourth-order valence-corrected chi connectivity index (χ4v) is 9.35. The minimum Gasteiger partial charge on any atom is -0.374 e. The van der Waals surface area contributed by atoms with Crippen LogP contribution in [0.15, 0.2) is 0 Å². The zero-order chi connectivity index (χ0) is 27.3. The van der Waals surface area contributed by atoms with Crippen molar-refractivity contribution in [2.75, 3.05) is 46.0 Å². The van der Waals surface area contributed by atoms with Crippen LogP contribution in [-0.4, -0.2) is 88.0 Å². The van der Waals surface area contributed by atoms with Gasteiger partial charge in [0, 0.05) is 69.4 Å². The van der Waals surface area contributed by atoms with Gasteiger partial charge in [-0.15, -0.1) is 0 Å². The van der Waals surface area contributed by atoms with E-state index in [0.717, 1.165) is 25.6 Å². The van der Waals surface area contributed by atoms with Crippen LogP contribution in [0.25, 0.3) is 0 Å². The molecule has 7 N–H and O–H groups in total. The first-order valence-corrected chi connectivity index (χ1v) is 17.1. The van der Waals surface area contributed by atoms with E-state index in [1.165, 1.54) is 0 Å². The smallest absolute Gasteiger partial charge is 0.374 e. The molecule has 35 heavy (non-hydrogen) atoms. The van der Waals surface area contributed by atoms with Crippen molar-refractivity contribution in [3.05, 3.63) is 0 Å². The molecule has 0 aromatic rings. The SMILES string of the molecule is CC(C)O[Si](CC(N)CCN)(OC(C)C)OC(C)C.CCO[Si](CCNCCN)(OCC)OCC. The lowest BCUT2D eigenvalue weighted by Gasteiger charge is -2.36. The molecule has 0 heterocycles. The van der Waals surface area contributed by atoms with E-state index in [1.54, 1.807) is 0 Å². The number of nitrogens with one attached hydrogen (secondary N) is 1. The van der Waals surface area contributed by atoms with Crippen LogP contribution in [0.4, 0.5) is 0 Å². The molecule has 0 spiro atoms. The molecule has 0 saturated heterocycles. The molecule has 1 unspecified atom stereocenters. The van der Waals surface area contributed by atoms with Crippen LogP contribution < -0.4 is 22.5 Å². The summed E-state index contributed by atoms with van der Waals surface area (Å²) in [6, 6.07) is 1.36. The van der Waals surface area contributed by atoms with Crippen LogP contribution in [0, 0.1) is 0 Å². The zero-order valence-corrected chi connectivity index (χ0v) is 26.1. The van der Waals surface area contributed by atoms with Crippen LogP contribution in [0.3, 0.4) is 0 Å². The van der Waals surface area contributed by atoms with Crippen LogP contribution in [-0.2, 0) is 26.6 Å². The van der Waals surface area contributed by atoms with E-state index in [0.29, 0.717) is 39.0 Å². The van der Waals surface area contributed by atoms with E-state index < -0.39 is 17.6 Å². The molecule has 0 fully saturated rings. The van der Waals surface area contributed by atoms with Gasteiger partial charge in [0.1, 0.15) is 0 Å². The maximum Gasteiger partial charge on any atom is 0.503 e. The monoisotopic (exact) mass is 542 g/mol. The van der Waals surface area contributed by atoms with Crippen molar-refractivity contribution in [3.8, 4) is 0 Å². The van der Waals surface area contributed by atoms with E-state index in [1.807, 2.05) is 62.3 Å². The Kier molecular flexibility index (Phi) is 23.4. The molecule has 0 amide bonds. The summed E-state index contributed by atoms with van der Waals surface area (Å²) in [6.07, 6.45) is 0.900. The molecule has 0 aliphatic heterocycles. The van der Waals surface area contributed by atoms with Gasteiger partial charge in [-0.2, -0.15) is 0 Å². The van der Waals surface area contributed by atoms with Crippen molar-refractivity contribution >= 4 is 17.6 Å². The Balaban J connectivity index is 0. The third-order valence-corrected chi connectivity index (χ3v) is 10.9. The van der Waals surface area contributed by atoms with Crippen molar-refractivity contribution in [1.29, 1.82) is 0 Å². The average Bonchev–Trinajstić information content (AvgIpc) is 2.70. The Hall–Kier alpha value is 0.0338. The summed E-state index contributed by atoms with van der Waals surface area (Å²) in [4.78, 5) is 0. The molecule has 0 aliphatic rings. The predicted octanol–water partition coefficient (Wildman–Crippen LogP) is 2.46. The lowest BCUT2D eigenvalue weighted by Crippen LogP contribution is -2.53. The molecule has 0 radical (unpaired) electrons. The van der Waals surface area contributed by atoms with Crippen molar-refractivity contribution in [3.63, 3.8) is 0 Å². The number of nitrogens with two attached hydrogens (primary N) is 3. The Morgan fingerprint density at radius 2 is 1.09 bits per heavy atom. The number of hydrogen-bond donors (Lipinski definition) is 4. The first kappa shape index (κ1) is 37.2. The molecule has 10 nitrogen and oxygen atoms in total. The van der Waals surface area contributed by atoms with Gasteiger partial charge in [0.25, 0.3) is 0 Å². The average molecular weight is 543 g/mol. The highest BCUT2D eigenvalue weighted by molar-refractivity contribution is 6.61. The number of hydrogen-bond acceptors (Lipinski definition) is 10. The summed E-state index contributed by atoms with van der Waals surface area (Å²) >= 11 is 0. The molecular weight excluding hydrogens is 484 g/mol. The van der Waals surface area contributed by atoms with Gasteiger partial charge in [0.05, 0.1) is 0 Å². The van der Waals surface area contributed by atoms with Crippen LogP contribution >= 0.6 is 0 Å². The van der Waals surface area contributed by atoms with Crippen molar-refractivity contribution in [1.82, 2.24) is 5.32 Å². The van der Waals surface area contributed by atoms with E-state index >= 15 is 0 Å². The highest BCUT2D eigenvalue weighted by Crippen LogP contribution is 2.24. The van der Waals surface area contributed by atoms with Crippen LogP contribution in [0.2, 0.25) is 12.1 Å². The van der Waals surface area contributed by atoms with Gasteiger partial charge in [0.2, 0.25) is 0 Å². The van der Waals surface area contributed by atoms with E-state index in [-0.39, 0.29) is 24.4 Å². The van der Waals surface area contributed by atoms with Gasteiger partial charge in [0.15, 0.2) is 0 Å². The molecule has 1 atom stereocenters. The second-order valence-electron chi connectivity index (χ2n) is 9.00. The van der Waals surface area contributed by atoms with Gasteiger partial charge < -0.3 is 49.1 Å². The highest BCUT2D eigenvalue weighted by Gasteiger charge is 2.45. The molecule has 0 bridgehead atoms. The largest absolute Gasteiger partial charge is 0.503 e. The van der Waals surface area contributed by atoms with Crippen LogP contribution in [0.5, 0.6) is 0 Å². The standard InChI is InChI=1S/C13H32N2O3Si.C10H26N2O3Si/c1-10(2)16-19(17-11(3)4,18-12(5)6)9-13(15)7-8-14;1-4-13-16(14-5-2,15-6-3)10-9-12-8-7-11/h10-13H,7-9,14-15H2,1-6H3;12H,4-11H2,1-3H3. The third kappa shape index (κ3) is 19.8. The Morgan fingerprint density at radius 3 is 1.40 bits per heavy atom. The second kappa shape index (κ2) is 22.1. The first-order valence-electron chi connectivity index (χ1n) is 13.3. The molecule has 0 rings (SSSR count). The first-order chi connectivity index (χ1) is 16.4. The summed E-state index contributed by atoms with van der Waals surface area (Å²) in [5.74, 6) is 0. The fourth-order valence-electron chi connectivity index (χ4n) is 3.41. The summed E-state index contributed by atoms with van der Waals surface area (Å²) in [5, 5.41) is 3.24. The molecular formula is C23H58N4O6Si2. The van der Waals surface area contributed by atoms with Crippen molar-refractivity contribution in [2.45, 2.75) is 105 Å². The maximum absolute atomic E-state index is 6.11. The summed E-state index contributed by atoms with van der Waals surface area (Å²) < 4.78 is 35.3. The third-order valence-electron chi connectivity index (χ3n) is 4.32. The summed E-state index contributed by atoms with van der Waals surface area (Å²) in [6.45, 7) is 22.6. The van der Waals surface area contributed by atoms with E-state index in [4.69, 9.17) is 43.8 Å². The number of rotatable bonds is 21.